The van der Waals surface area contributed by atoms with Gasteiger partial charge in [-0.1, -0.05) is 0 Å². The van der Waals surface area contributed by atoms with Crippen molar-refractivity contribution in [2.45, 2.75) is 115 Å². The Hall–Kier alpha value is -3.73. The highest BCUT2D eigenvalue weighted by Gasteiger charge is 2.46. The van der Waals surface area contributed by atoms with Crippen LogP contribution in [0.25, 0.3) is 22.5 Å². The minimum absolute atomic E-state index is 0.0165. The minimum Gasteiger partial charge on any atom is -0.474 e. The predicted octanol–water partition coefficient (Wildman–Crippen LogP) is 6.01. The molecule has 0 spiro atoms. The smallest absolute Gasteiger partial charge is 0.410 e. The molecule has 7 rings (SSSR count). The van der Waals surface area contributed by atoms with Gasteiger partial charge in [0.15, 0.2) is 5.82 Å². The van der Waals surface area contributed by atoms with Crippen molar-refractivity contribution in [1.82, 2.24) is 29.9 Å². The lowest BCUT2D eigenvalue weighted by Gasteiger charge is -2.42. The van der Waals surface area contributed by atoms with Crippen molar-refractivity contribution in [2.75, 3.05) is 18.6 Å². The van der Waals surface area contributed by atoms with Gasteiger partial charge >= 0.3 is 6.09 Å². The number of pyridine rings is 1. The van der Waals surface area contributed by atoms with Crippen molar-refractivity contribution in [3.8, 4) is 28.4 Å². The van der Waals surface area contributed by atoms with Crippen molar-refractivity contribution < 1.29 is 19.0 Å². The normalized spacial score (nSPS) is 25.1. The van der Waals surface area contributed by atoms with E-state index in [-0.39, 0.29) is 36.6 Å². The molecule has 0 N–H and O–H groups in total. The van der Waals surface area contributed by atoms with E-state index >= 15 is 0 Å². The minimum atomic E-state index is -0.491. The van der Waals surface area contributed by atoms with Crippen LogP contribution in [0, 0.1) is 0 Å². The molecular weight excluding hydrogens is 558 g/mol. The number of hydrogen-bond donors (Lipinski definition) is 0. The molecule has 1 aliphatic carbocycles. The second-order valence-corrected chi connectivity index (χ2v) is 13.7. The maximum atomic E-state index is 12.9. The van der Waals surface area contributed by atoms with Crippen LogP contribution >= 0.6 is 0 Å². The first-order chi connectivity index (χ1) is 21.2. The second-order valence-electron chi connectivity index (χ2n) is 13.7. The van der Waals surface area contributed by atoms with Gasteiger partial charge in [-0.25, -0.2) is 14.5 Å². The lowest BCUT2D eigenvalue weighted by Crippen LogP contribution is -2.53. The third kappa shape index (κ3) is 6.11. The summed E-state index contributed by atoms with van der Waals surface area (Å²) in [6, 6.07) is 8.67. The standard InChI is InChI=1S/C33H43N7O4/c1-33(2,3)44-32(41)40-22-8-9-23(40)18-24(17-22)38(4)29-15-14-28(36-37-29)27-13-12-26(31(35-27)43-25-10-11-25)21-19-34-39(20-21)30-7-5-6-16-42-30/h12-15,19-20,22-25,30H,5-11,16-18H2,1-4H3/t22-,23?,24?,30?/m1/s1. The van der Waals surface area contributed by atoms with Crippen LogP contribution in [0.15, 0.2) is 36.7 Å². The van der Waals surface area contributed by atoms with E-state index in [0.717, 1.165) is 87.0 Å². The number of amides is 1. The summed E-state index contributed by atoms with van der Waals surface area (Å²) in [6.07, 6.45) is 13.0. The largest absolute Gasteiger partial charge is 0.474 e. The Morgan fingerprint density at radius 2 is 1.75 bits per heavy atom. The van der Waals surface area contributed by atoms with Gasteiger partial charge in [0, 0.05) is 49.1 Å². The van der Waals surface area contributed by atoms with E-state index in [4.69, 9.17) is 19.2 Å². The van der Waals surface area contributed by atoms with E-state index in [2.05, 4.69) is 27.2 Å². The Bertz CT molecular complexity index is 1460. The number of piperidine rings is 1. The Morgan fingerprint density at radius 1 is 0.977 bits per heavy atom. The Morgan fingerprint density at radius 3 is 2.41 bits per heavy atom. The average Bonchev–Trinajstić information content (AvgIpc) is 3.61. The summed E-state index contributed by atoms with van der Waals surface area (Å²) in [5.74, 6) is 1.41. The topological polar surface area (TPSA) is 108 Å². The molecule has 4 atom stereocenters. The highest BCUT2D eigenvalue weighted by molar-refractivity contribution is 5.71. The number of carbonyl (C=O) groups is 1. The zero-order chi connectivity index (χ0) is 30.4. The molecule has 234 valence electrons. The fourth-order valence-electron chi connectivity index (χ4n) is 6.72. The molecule has 1 amide bonds. The van der Waals surface area contributed by atoms with Crippen molar-refractivity contribution >= 4 is 11.9 Å². The molecule has 3 unspecified atom stereocenters. The number of aromatic nitrogens is 5. The van der Waals surface area contributed by atoms with Crippen molar-refractivity contribution in [2.24, 2.45) is 0 Å². The van der Waals surface area contributed by atoms with Crippen molar-refractivity contribution in [3.63, 3.8) is 0 Å². The highest BCUT2D eigenvalue weighted by Crippen LogP contribution is 2.40. The van der Waals surface area contributed by atoms with Crippen LogP contribution in [-0.4, -0.2) is 79.4 Å². The summed E-state index contributed by atoms with van der Waals surface area (Å²) in [5.41, 5.74) is 2.80. The summed E-state index contributed by atoms with van der Waals surface area (Å²) in [4.78, 5) is 22.0. The average molecular weight is 602 g/mol. The maximum absolute atomic E-state index is 12.9. The molecule has 0 radical (unpaired) electrons. The zero-order valence-corrected chi connectivity index (χ0v) is 26.2. The van der Waals surface area contributed by atoms with E-state index in [1.54, 1.807) is 0 Å². The summed E-state index contributed by atoms with van der Waals surface area (Å²) in [6.45, 7) is 6.53. The van der Waals surface area contributed by atoms with Crippen molar-refractivity contribution in [3.05, 3.63) is 36.7 Å². The Kier molecular flexibility index (Phi) is 7.68. The van der Waals surface area contributed by atoms with Crippen molar-refractivity contribution in [1.29, 1.82) is 0 Å². The number of hydrogen-bond acceptors (Lipinski definition) is 9. The van der Waals surface area contributed by atoms with E-state index in [1.165, 1.54) is 0 Å². The monoisotopic (exact) mass is 601 g/mol. The van der Waals surface area contributed by atoms with Crippen LogP contribution in [0.3, 0.4) is 0 Å². The molecule has 3 aromatic heterocycles. The molecule has 6 heterocycles. The van der Waals surface area contributed by atoms with Gasteiger partial charge in [-0.15, -0.1) is 10.2 Å². The summed E-state index contributed by atoms with van der Waals surface area (Å²) >= 11 is 0. The van der Waals surface area contributed by atoms with Crippen LogP contribution in [0.2, 0.25) is 0 Å². The van der Waals surface area contributed by atoms with Gasteiger partial charge in [0.25, 0.3) is 0 Å². The van der Waals surface area contributed by atoms with Crippen LogP contribution in [0.5, 0.6) is 5.88 Å². The van der Waals surface area contributed by atoms with E-state index in [9.17, 15) is 4.79 Å². The molecule has 1 saturated carbocycles. The van der Waals surface area contributed by atoms with E-state index < -0.39 is 5.60 Å². The van der Waals surface area contributed by atoms with Gasteiger partial charge in [0.05, 0.1) is 11.9 Å². The SMILES string of the molecule is CN(c1ccc(-c2ccc(-c3cnn(C4CCCCO4)c3)c(OC3CC3)n2)nn1)C1CC2CC[C@H](C1)N2C(=O)OC(C)(C)C. The third-order valence-electron chi connectivity index (χ3n) is 9.16. The number of fused-ring (bicyclic) bond motifs is 2. The van der Waals surface area contributed by atoms with Crippen LogP contribution < -0.4 is 9.64 Å². The second kappa shape index (κ2) is 11.6. The van der Waals surface area contributed by atoms with Gasteiger partial charge < -0.3 is 24.0 Å². The van der Waals surface area contributed by atoms with Gasteiger partial charge in [0.2, 0.25) is 5.88 Å². The van der Waals surface area contributed by atoms with E-state index in [1.807, 2.05) is 67.0 Å². The Labute approximate surface area is 258 Å². The molecule has 44 heavy (non-hydrogen) atoms. The molecule has 3 saturated heterocycles. The van der Waals surface area contributed by atoms with Crippen LogP contribution in [0.1, 0.15) is 84.8 Å². The molecule has 0 aromatic carbocycles. The Balaban J connectivity index is 1.05. The quantitative estimate of drug-likeness (QED) is 0.322. The molecule has 4 aliphatic rings. The van der Waals surface area contributed by atoms with Gasteiger partial charge in [-0.05, 0) is 103 Å². The summed E-state index contributed by atoms with van der Waals surface area (Å²) in [5, 5.41) is 13.8. The molecule has 2 bridgehead atoms. The first kappa shape index (κ1) is 29.0. The lowest BCUT2D eigenvalue weighted by molar-refractivity contribution is -0.0394. The van der Waals surface area contributed by atoms with E-state index in [0.29, 0.717) is 11.6 Å². The molecule has 4 fully saturated rings. The molecule has 11 nitrogen and oxygen atoms in total. The van der Waals surface area contributed by atoms with Crippen LogP contribution in [-0.2, 0) is 9.47 Å². The third-order valence-corrected chi connectivity index (χ3v) is 9.16. The number of anilines is 1. The van der Waals surface area contributed by atoms with Crippen LogP contribution in [0.4, 0.5) is 10.6 Å². The number of rotatable bonds is 7. The predicted molar refractivity (Wildman–Crippen MR) is 165 cm³/mol. The molecule has 3 aromatic rings. The van der Waals surface area contributed by atoms with Gasteiger partial charge in [-0.3, -0.25) is 0 Å². The first-order valence-corrected chi connectivity index (χ1v) is 16.1. The summed E-state index contributed by atoms with van der Waals surface area (Å²) < 4.78 is 19.8. The van der Waals surface area contributed by atoms with Gasteiger partial charge in [-0.2, -0.15) is 5.10 Å². The first-order valence-electron chi connectivity index (χ1n) is 16.1. The highest BCUT2D eigenvalue weighted by atomic mass is 16.6. The zero-order valence-electron chi connectivity index (χ0n) is 26.2. The molecule has 11 heteroatoms. The van der Waals surface area contributed by atoms with Gasteiger partial charge in [0.1, 0.15) is 23.6 Å². The maximum Gasteiger partial charge on any atom is 0.410 e. The number of carbonyl (C=O) groups excluding carboxylic acids is 1. The number of ether oxygens (including phenoxy) is 3. The molecule has 3 aliphatic heterocycles. The summed E-state index contributed by atoms with van der Waals surface area (Å²) in [7, 11) is 2.07. The molecular formula is C33H43N7O4. The lowest BCUT2D eigenvalue weighted by atomic mass is 9.96. The fraction of sp³-hybridized carbons (Fsp3) is 0.606. The number of nitrogens with zero attached hydrogens (tertiary/aromatic N) is 7. The fourth-order valence-corrected chi connectivity index (χ4v) is 6.72.